The molecule has 0 aromatic heterocycles. The van der Waals surface area contributed by atoms with Crippen LogP contribution in [0.3, 0.4) is 0 Å². The molecule has 0 N–H and O–H groups in total. The zero-order valence-electron chi connectivity index (χ0n) is 10.4. The third-order valence-electron chi connectivity index (χ3n) is 2.87. The number of hydrogen-bond acceptors (Lipinski definition) is 1. The molecule has 1 unspecified atom stereocenters. The van der Waals surface area contributed by atoms with Gasteiger partial charge in [0.15, 0.2) is 11.6 Å². The van der Waals surface area contributed by atoms with Gasteiger partial charge in [-0.05, 0) is 30.2 Å². The van der Waals surface area contributed by atoms with E-state index in [-0.39, 0.29) is 4.83 Å². The minimum atomic E-state index is -0.826. The van der Waals surface area contributed by atoms with E-state index in [4.69, 9.17) is 4.74 Å². The van der Waals surface area contributed by atoms with Crippen molar-refractivity contribution < 1.29 is 13.5 Å². The lowest BCUT2D eigenvalue weighted by Crippen LogP contribution is -2.00. The maximum Gasteiger partial charge on any atom is 0.163 e. The van der Waals surface area contributed by atoms with E-state index in [0.717, 1.165) is 17.4 Å². The molecule has 0 bridgehead atoms. The zero-order valence-corrected chi connectivity index (χ0v) is 12.0. The molecule has 0 fully saturated rings. The van der Waals surface area contributed by atoms with Gasteiger partial charge in [0.05, 0.1) is 7.11 Å². The normalized spacial score (nSPS) is 12.2. The van der Waals surface area contributed by atoms with Crippen LogP contribution in [0.25, 0.3) is 0 Å². The summed E-state index contributed by atoms with van der Waals surface area (Å²) < 4.78 is 32.0. The number of benzene rings is 2. The largest absolute Gasteiger partial charge is 0.497 e. The molecule has 1 atom stereocenters. The van der Waals surface area contributed by atoms with E-state index in [1.165, 1.54) is 6.07 Å². The molecule has 0 radical (unpaired) electrons. The molecule has 0 aliphatic heterocycles. The predicted molar refractivity (Wildman–Crippen MR) is 74.7 cm³/mol. The number of ether oxygens (including phenoxy) is 1. The van der Waals surface area contributed by atoms with Crippen LogP contribution in [-0.4, -0.2) is 7.11 Å². The fourth-order valence-electron chi connectivity index (χ4n) is 1.88. The van der Waals surface area contributed by atoms with Crippen molar-refractivity contribution in [3.05, 3.63) is 65.2 Å². The lowest BCUT2D eigenvalue weighted by atomic mass is 10.0. The SMILES string of the molecule is COc1cccc(CC(Br)c2cccc(F)c2F)c1. The summed E-state index contributed by atoms with van der Waals surface area (Å²) in [5.41, 5.74) is 1.31. The molecule has 100 valence electrons. The average Bonchev–Trinajstić information content (AvgIpc) is 2.42. The second-order valence-electron chi connectivity index (χ2n) is 4.17. The highest BCUT2D eigenvalue weighted by atomic mass is 79.9. The van der Waals surface area contributed by atoms with Gasteiger partial charge in [0.1, 0.15) is 5.75 Å². The Kier molecular flexibility index (Phi) is 4.53. The van der Waals surface area contributed by atoms with Crippen molar-refractivity contribution in [2.24, 2.45) is 0 Å². The maximum atomic E-state index is 13.7. The Morgan fingerprint density at radius 3 is 2.63 bits per heavy atom. The van der Waals surface area contributed by atoms with Gasteiger partial charge >= 0.3 is 0 Å². The van der Waals surface area contributed by atoms with Gasteiger partial charge in [-0.1, -0.05) is 40.2 Å². The molecule has 0 aliphatic rings. The first-order valence-corrected chi connectivity index (χ1v) is 6.74. The highest BCUT2D eigenvalue weighted by Gasteiger charge is 2.16. The lowest BCUT2D eigenvalue weighted by Gasteiger charge is -2.12. The smallest absolute Gasteiger partial charge is 0.163 e. The molecule has 0 saturated carbocycles. The van der Waals surface area contributed by atoms with Gasteiger partial charge in [-0.2, -0.15) is 0 Å². The van der Waals surface area contributed by atoms with E-state index in [2.05, 4.69) is 15.9 Å². The van der Waals surface area contributed by atoms with Gasteiger partial charge in [-0.15, -0.1) is 0 Å². The summed E-state index contributed by atoms with van der Waals surface area (Å²) in [7, 11) is 1.59. The van der Waals surface area contributed by atoms with Gasteiger partial charge in [0, 0.05) is 10.4 Å². The summed E-state index contributed by atoms with van der Waals surface area (Å²) in [6.07, 6.45) is 0.553. The summed E-state index contributed by atoms with van der Waals surface area (Å²) >= 11 is 3.41. The summed E-state index contributed by atoms with van der Waals surface area (Å²) in [5.74, 6) is -0.878. The van der Waals surface area contributed by atoms with Gasteiger partial charge < -0.3 is 4.74 Å². The van der Waals surface area contributed by atoms with Crippen LogP contribution in [0.2, 0.25) is 0 Å². The Morgan fingerprint density at radius 2 is 1.89 bits per heavy atom. The van der Waals surface area contributed by atoms with E-state index >= 15 is 0 Å². The van der Waals surface area contributed by atoms with Gasteiger partial charge in [-0.25, -0.2) is 8.78 Å². The molecule has 0 spiro atoms. The van der Waals surface area contributed by atoms with Gasteiger partial charge in [0.25, 0.3) is 0 Å². The molecule has 0 saturated heterocycles. The molecular formula is C15H13BrF2O. The summed E-state index contributed by atoms with van der Waals surface area (Å²) in [5, 5.41) is 0. The summed E-state index contributed by atoms with van der Waals surface area (Å²) in [6, 6.07) is 11.7. The quantitative estimate of drug-likeness (QED) is 0.743. The predicted octanol–water partition coefficient (Wildman–Crippen LogP) is 4.65. The third kappa shape index (κ3) is 3.32. The first kappa shape index (κ1) is 14.0. The molecule has 2 aromatic carbocycles. The monoisotopic (exact) mass is 326 g/mol. The van der Waals surface area contributed by atoms with E-state index < -0.39 is 11.6 Å². The summed E-state index contributed by atoms with van der Waals surface area (Å²) in [4.78, 5) is -0.282. The second kappa shape index (κ2) is 6.15. The lowest BCUT2D eigenvalue weighted by molar-refractivity contribution is 0.414. The fraction of sp³-hybridized carbons (Fsp3) is 0.200. The zero-order chi connectivity index (χ0) is 13.8. The fourth-order valence-corrected chi connectivity index (χ4v) is 2.61. The standard InChI is InChI=1S/C15H13BrF2O/c1-19-11-5-2-4-10(8-11)9-13(16)12-6-3-7-14(17)15(12)18/h2-8,13H,9H2,1H3. The van der Waals surface area contributed by atoms with Crippen LogP contribution in [0.1, 0.15) is 16.0 Å². The first-order valence-electron chi connectivity index (χ1n) is 5.82. The Hall–Kier alpha value is -1.42. The highest BCUT2D eigenvalue weighted by molar-refractivity contribution is 9.09. The van der Waals surface area contributed by atoms with Crippen LogP contribution in [0, 0.1) is 11.6 Å². The van der Waals surface area contributed by atoms with Gasteiger partial charge in [0.2, 0.25) is 0 Å². The van der Waals surface area contributed by atoms with Crippen LogP contribution in [0.4, 0.5) is 8.78 Å². The number of alkyl halides is 1. The van der Waals surface area contributed by atoms with Crippen molar-refractivity contribution in [2.45, 2.75) is 11.2 Å². The van der Waals surface area contributed by atoms with Crippen LogP contribution < -0.4 is 4.74 Å². The van der Waals surface area contributed by atoms with Crippen LogP contribution >= 0.6 is 15.9 Å². The second-order valence-corrected chi connectivity index (χ2v) is 5.27. The van der Waals surface area contributed by atoms with Gasteiger partial charge in [-0.3, -0.25) is 0 Å². The number of rotatable bonds is 4. The van der Waals surface area contributed by atoms with Crippen LogP contribution in [0.5, 0.6) is 5.75 Å². The van der Waals surface area contributed by atoms with Crippen molar-refractivity contribution in [3.63, 3.8) is 0 Å². The van der Waals surface area contributed by atoms with E-state index in [0.29, 0.717) is 12.0 Å². The van der Waals surface area contributed by atoms with Crippen molar-refractivity contribution in [1.29, 1.82) is 0 Å². The molecular weight excluding hydrogens is 314 g/mol. The molecule has 0 heterocycles. The topological polar surface area (TPSA) is 9.23 Å². The molecule has 1 nitrogen and oxygen atoms in total. The minimum absolute atomic E-state index is 0.282. The van der Waals surface area contributed by atoms with E-state index in [9.17, 15) is 8.78 Å². The van der Waals surface area contributed by atoms with Crippen LogP contribution in [0.15, 0.2) is 42.5 Å². The van der Waals surface area contributed by atoms with Crippen molar-refractivity contribution in [1.82, 2.24) is 0 Å². The Labute approximate surface area is 119 Å². The van der Waals surface area contributed by atoms with Crippen molar-refractivity contribution >= 4 is 15.9 Å². The third-order valence-corrected chi connectivity index (χ3v) is 3.68. The first-order chi connectivity index (χ1) is 9.11. The average molecular weight is 327 g/mol. The van der Waals surface area contributed by atoms with E-state index in [1.54, 1.807) is 13.2 Å². The maximum absolute atomic E-state index is 13.7. The molecule has 2 rings (SSSR count). The van der Waals surface area contributed by atoms with Crippen molar-refractivity contribution in [3.8, 4) is 5.75 Å². The van der Waals surface area contributed by atoms with Crippen molar-refractivity contribution in [2.75, 3.05) is 7.11 Å². The Bertz CT molecular complexity index is 572. The highest BCUT2D eigenvalue weighted by Crippen LogP contribution is 2.30. The molecule has 2 aromatic rings. The molecule has 4 heteroatoms. The minimum Gasteiger partial charge on any atom is -0.497 e. The Morgan fingerprint density at radius 1 is 1.16 bits per heavy atom. The number of methoxy groups -OCH3 is 1. The molecule has 0 amide bonds. The molecule has 0 aliphatic carbocycles. The van der Waals surface area contributed by atoms with Crippen LogP contribution in [-0.2, 0) is 6.42 Å². The van der Waals surface area contributed by atoms with E-state index in [1.807, 2.05) is 24.3 Å². The molecule has 19 heavy (non-hydrogen) atoms. The number of halogens is 3. The summed E-state index contributed by atoms with van der Waals surface area (Å²) in [6.45, 7) is 0. The Balaban J connectivity index is 2.20. The number of hydrogen-bond donors (Lipinski definition) is 0.